The standard InChI is InChI=1S/C24H21ClN2O3S2/c1-16-20(25)12-13-21-23(16)26-24(31-21)27(15-18-6-4-3-5-7-18)22(28)14-17-8-10-19(11-9-17)32(2,29)30/h3-13H,14-15H2,1-2H3. The lowest BCUT2D eigenvalue weighted by Gasteiger charge is -2.20. The first-order valence-electron chi connectivity index (χ1n) is 9.91. The molecule has 0 fully saturated rings. The fourth-order valence-electron chi connectivity index (χ4n) is 3.36. The maximum absolute atomic E-state index is 13.4. The van der Waals surface area contributed by atoms with E-state index in [-0.39, 0.29) is 17.2 Å². The van der Waals surface area contributed by atoms with E-state index in [1.807, 2.05) is 49.4 Å². The van der Waals surface area contributed by atoms with E-state index in [0.29, 0.717) is 16.7 Å². The van der Waals surface area contributed by atoms with Crippen LogP contribution >= 0.6 is 22.9 Å². The Bertz CT molecular complexity index is 1380. The summed E-state index contributed by atoms with van der Waals surface area (Å²) in [5, 5.41) is 1.24. The lowest BCUT2D eigenvalue weighted by molar-refractivity contribution is -0.118. The van der Waals surface area contributed by atoms with E-state index in [9.17, 15) is 13.2 Å². The van der Waals surface area contributed by atoms with Gasteiger partial charge in [-0.2, -0.15) is 0 Å². The quantitative estimate of drug-likeness (QED) is 0.365. The summed E-state index contributed by atoms with van der Waals surface area (Å²) < 4.78 is 24.4. The van der Waals surface area contributed by atoms with Crippen molar-refractivity contribution in [3.63, 3.8) is 0 Å². The van der Waals surface area contributed by atoms with Gasteiger partial charge in [0.25, 0.3) is 0 Å². The predicted molar refractivity (Wildman–Crippen MR) is 130 cm³/mol. The molecule has 8 heteroatoms. The number of carbonyl (C=O) groups is 1. The Morgan fingerprint density at radius 2 is 1.69 bits per heavy atom. The van der Waals surface area contributed by atoms with Gasteiger partial charge in [-0.25, -0.2) is 13.4 Å². The molecule has 4 rings (SSSR count). The fourth-order valence-corrected chi connectivity index (χ4v) is 5.18. The molecule has 4 aromatic rings. The number of carbonyl (C=O) groups excluding carboxylic acids is 1. The molecule has 0 spiro atoms. The van der Waals surface area contributed by atoms with Gasteiger partial charge in [-0.15, -0.1) is 0 Å². The second kappa shape index (κ2) is 9.02. The number of nitrogens with zero attached hydrogens (tertiary/aromatic N) is 2. The molecule has 5 nitrogen and oxygen atoms in total. The normalized spacial score (nSPS) is 11.6. The van der Waals surface area contributed by atoms with Gasteiger partial charge in [0.05, 0.1) is 28.1 Å². The zero-order valence-electron chi connectivity index (χ0n) is 17.6. The van der Waals surface area contributed by atoms with Gasteiger partial charge < -0.3 is 0 Å². The molecule has 0 saturated carbocycles. The second-order valence-electron chi connectivity index (χ2n) is 7.57. The molecule has 0 saturated heterocycles. The molecular weight excluding hydrogens is 464 g/mol. The lowest BCUT2D eigenvalue weighted by atomic mass is 10.1. The maximum Gasteiger partial charge on any atom is 0.233 e. The number of fused-ring (bicyclic) bond motifs is 1. The van der Waals surface area contributed by atoms with Crippen LogP contribution in [-0.2, 0) is 27.6 Å². The van der Waals surface area contributed by atoms with E-state index in [0.717, 1.165) is 33.2 Å². The number of sulfone groups is 1. The van der Waals surface area contributed by atoms with E-state index >= 15 is 0 Å². The van der Waals surface area contributed by atoms with Crippen molar-refractivity contribution in [1.29, 1.82) is 0 Å². The third-order valence-corrected chi connectivity index (χ3v) is 7.74. The van der Waals surface area contributed by atoms with Crippen LogP contribution in [0.25, 0.3) is 10.2 Å². The van der Waals surface area contributed by atoms with Crippen molar-refractivity contribution < 1.29 is 13.2 Å². The summed E-state index contributed by atoms with van der Waals surface area (Å²) >= 11 is 7.71. The Labute approximate surface area is 196 Å². The Balaban J connectivity index is 1.68. The molecule has 1 amide bonds. The minimum Gasteiger partial charge on any atom is -0.283 e. The fraction of sp³-hybridized carbons (Fsp3) is 0.167. The van der Waals surface area contributed by atoms with Crippen LogP contribution in [0.3, 0.4) is 0 Å². The average molecular weight is 485 g/mol. The smallest absolute Gasteiger partial charge is 0.233 e. The molecule has 1 aromatic heterocycles. The van der Waals surface area contributed by atoms with Gasteiger partial charge in [0, 0.05) is 11.3 Å². The number of benzene rings is 3. The lowest BCUT2D eigenvalue weighted by Crippen LogP contribution is -2.31. The van der Waals surface area contributed by atoms with E-state index < -0.39 is 9.84 Å². The van der Waals surface area contributed by atoms with Gasteiger partial charge >= 0.3 is 0 Å². The maximum atomic E-state index is 13.4. The molecule has 0 aliphatic heterocycles. The molecule has 0 bridgehead atoms. The molecule has 0 aliphatic carbocycles. The molecule has 0 aliphatic rings. The van der Waals surface area contributed by atoms with Gasteiger partial charge in [-0.05, 0) is 47.9 Å². The highest BCUT2D eigenvalue weighted by Gasteiger charge is 2.22. The number of aryl methyl sites for hydroxylation is 1. The number of hydrogen-bond acceptors (Lipinski definition) is 5. The van der Waals surface area contributed by atoms with E-state index in [2.05, 4.69) is 0 Å². The topological polar surface area (TPSA) is 67.3 Å². The number of anilines is 1. The number of amides is 1. The molecule has 0 radical (unpaired) electrons. The summed E-state index contributed by atoms with van der Waals surface area (Å²) in [5.74, 6) is -0.122. The van der Waals surface area contributed by atoms with Crippen molar-refractivity contribution in [3.05, 3.63) is 88.4 Å². The van der Waals surface area contributed by atoms with Gasteiger partial charge in [-0.3, -0.25) is 9.69 Å². The van der Waals surface area contributed by atoms with Crippen molar-refractivity contribution in [2.45, 2.75) is 24.8 Å². The summed E-state index contributed by atoms with van der Waals surface area (Å²) in [6, 6.07) is 19.9. The molecular formula is C24H21ClN2O3S2. The first-order chi connectivity index (χ1) is 15.2. The summed E-state index contributed by atoms with van der Waals surface area (Å²) in [4.78, 5) is 20.0. The van der Waals surface area contributed by atoms with Gasteiger partial charge in [0.15, 0.2) is 15.0 Å². The Hall–Kier alpha value is -2.74. The minimum atomic E-state index is -3.28. The first kappa shape index (κ1) is 22.5. The zero-order chi connectivity index (χ0) is 22.9. The third-order valence-electron chi connectivity index (χ3n) is 5.16. The molecule has 164 valence electrons. The van der Waals surface area contributed by atoms with Crippen LogP contribution < -0.4 is 4.90 Å². The average Bonchev–Trinajstić information content (AvgIpc) is 3.20. The highest BCUT2D eigenvalue weighted by Crippen LogP contribution is 2.34. The summed E-state index contributed by atoms with van der Waals surface area (Å²) in [7, 11) is -3.28. The molecule has 0 atom stereocenters. The third kappa shape index (κ3) is 4.85. The number of hydrogen-bond donors (Lipinski definition) is 0. The van der Waals surface area contributed by atoms with Crippen molar-refractivity contribution >= 4 is 54.0 Å². The number of rotatable bonds is 6. The van der Waals surface area contributed by atoms with Crippen LogP contribution in [0.2, 0.25) is 5.02 Å². The van der Waals surface area contributed by atoms with Crippen molar-refractivity contribution in [2.24, 2.45) is 0 Å². The van der Waals surface area contributed by atoms with Crippen molar-refractivity contribution in [1.82, 2.24) is 4.98 Å². The van der Waals surface area contributed by atoms with Gasteiger partial charge in [0.2, 0.25) is 5.91 Å². The highest BCUT2D eigenvalue weighted by atomic mass is 35.5. The number of aromatic nitrogens is 1. The van der Waals surface area contributed by atoms with E-state index in [1.54, 1.807) is 17.0 Å². The summed E-state index contributed by atoms with van der Waals surface area (Å²) in [5.41, 5.74) is 3.40. The largest absolute Gasteiger partial charge is 0.283 e. The SMILES string of the molecule is Cc1c(Cl)ccc2sc(N(Cc3ccccc3)C(=O)Cc3ccc(S(C)(=O)=O)cc3)nc12. The molecule has 0 unspecified atom stereocenters. The second-order valence-corrected chi connectivity index (χ2v) is 11.0. The van der Waals surface area contributed by atoms with E-state index in [4.69, 9.17) is 16.6 Å². The Morgan fingerprint density at radius 1 is 1.00 bits per heavy atom. The van der Waals surface area contributed by atoms with Crippen LogP contribution in [-0.4, -0.2) is 25.6 Å². The van der Waals surface area contributed by atoms with Crippen LogP contribution in [0.4, 0.5) is 5.13 Å². The predicted octanol–water partition coefficient (Wildman–Crippen LogP) is 5.44. The Morgan fingerprint density at radius 3 is 2.34 bits per heavy atom. The number of halogens is 1. The molecule has 0 N–H and O–H groups in total. The highest BCUT2D eigenvalue weighted by molar-refractivity contribution is 7.90. The first-order valence-corrected chi connectivity index (χ1v) is 13.0. The van der Waals surface area contributed by atoms with E-state index in [1.165, 1.54) is 23.5 Å². The van der Waals surface area contributed by atoms with Gasteiger partial charge in [0.1, 0.15) is 0 Å². The molecule has 1 heterocycles. The minimum absolute atomic E-state index is 0.122. The monoisotopic (exact) mass is 484 g/mol. The summed E-state index contributed by atoms with van der Waals surface area (Å²) in [6.45, 7) is 2.30. The van der Waals surface area contributed by atoms with Gasteiger partial charge in [-0.1, -0.05) is 65.4 Å². The van der Waals surface area contributed by atoms with Crippen molar-refractivity contribution in [2.75, 3.05) is 11.2 Å². The molecule has 32 heavy (non-hydrogen) atoms. The van der Waals surface area contributed by atoms with Crippen LogP contribution in [0, 0.1) is 6.92 Å². The Kier molecular flexibility index (Phi) is 6.33. The molecule has 3 aromatic carbocycles. The summed E-state index contributed by atoms with van der Waals surface area (Å²) in [6.07, 6.45) is 1.29. The zero-order valence-corrected chi connectivity index (χ0v) is 20.0. The number of thiazole rings is 1. The van der Waals surface area contributed by atoms with Crippen LogP contribution in [0.5, 0.6) is 0 Å². The van der Waals surface area contributed by atoms with Crippen molar-refractivity contribution in [3.8, 4) is 0 Å². The van der Waals surface area contributed by atoms with Crippen LogP contribution in [0.1, 0.15) is 16.7 Å². The van der Waals surface area contributed by atoms with Crippen LogP contribution in [0.15, 0.2) is 71.6 Å².